The number of rotatable bonds is 8. The molecule has 3 aromatic rings. The molecule has 0 saturated carbocycles. The van der Waals surface area contributed by atoms with Gasteiger partial charge in [0.1, 0.15) is 5.82 Å². The molecular formula is C19H19FN4O4S. The Morgan fingerprint density at radius 2 is 1.83 bits per heavy atom. The monoisotopic (exact) mass is 418 g/mol. The number of benzene rings is 2. The lowest BCUT2D eigenvalue weighted by molar-refractivity contribution is -0.121. The first-order valence-corrected chi connectivity index (χ1v) is 10.5. The van der Waals surface area contributed by atoms with E-state index in [1.54, 1.807) is 6.07 Å². The van der Waals surface area contributed by atoms with Gasteiger partial charge in [0.2, 0.25) is 27.6 Å². The van der Waals surface area contributed by atoms with Crippen molar-refractivity contribution in [2.75, 3.05) is 12.8 Å². The summed E-state index contributed by atoms with van der Waals surface area (Å²) in [7, 11) is -3.74. The van der Waals surface area contributed by atoms with E-state index in [0.717, 1.165) is 16.1 Å². The standard InChI is InChI=1S/C19H19FN4O4S/c1-29(26,27)24(12-15-9-5-6-10-16(15)20)13-17(25)21-11-18-22-19(23-28-18)14-7-3-2-4-8-14/h2-10H,11-13H2,1H3,(H,21,25). The SMILES string of the molecule is CS(=O)(=O)N(CC(=O)NCc1nc(-c2ccccc2)no1)Cc1ccccc1F. The molecule has 0 aliphatic heterocycles. The number of hydrogen-bond acceptors (Lipinski definition) is 6. The lowest BCUT2D eigenvalue weighted by atomic mass is 10.2. The molecule has 10 heteroatoms. The molecule has 3 rings (SSSR count). The van der Waals surface area contributed by atoms with Gasteiger partial charge in [-0.25, -0.2) is 12.8 Å². The largest absolute Gasteiger partial charge is 0.346 e. The van der Waals surface area contributed by atoms with Crippen molar-refractivity contribution in [3.63, 3.8) is 0 Å². The highest BCUT2D eigenvalue weighted by Crippen LogP contribution is 2.15. The molecule has 0 radical (unpaired) electrons. The van der Waals surface area contributed by atoms with Gasteiger partial charge in [-0.05, 0) is 6.07 Å². The van der Waals surface area contributed by atoms with Crippen LogP contribution in [0.15, 0.2) is 59.1 Å². The van der Waals surface area contributed by atoms with E-state index >= 15 is 0 Å². The van der Waals surface area contributed by atoms with E-state index in [4.69, 9.17) is 4.52 Å². The zero-order valence-corrected chi connectivity index (χ0v) is 16.4. The minimum Gasteiger partial charge on any atom is -0.346 e. The number of nitrogens with zero attached hydrogens (tertiary/aromatic N) is 3. The van der Waals surface area contributed by atoms with Crippen LogP contribution in [0.25, 0.3) is 11.4 Å². The summed E-state index contributed by atoms with van der Waals surface area (Å²) in [6, 6.07) is 15.0. The van der Waals surface area contributed by atoms with Gasteiger partial charge in [0.05, 0.1) is 19.3 Å². The van der Waals surface area contributed by atoms with Crippen LogP contribution in [0.4, 0.5) is 4.39 Å². The predicted octanol–water partition coefficient (Wildman–Crippen LogP) is 1.95. The smallest absolute Gasteiger partial charge is 0.246 e. The van der Waals surface area contributed by atoms with Gasteiger partial charge in [0.25, 0.3) is 0 Å². The van der Waals surface area contributed by atoms with Crippen molar-refractivity contribution < 1.29 is 22.1 Å². The number of halogens is 1. The Morgan fingerprint density at radius 3 is 2.52 bits per heavy atom. The van der Waals surface area contributed by atoms with Gasteiger partial charge in [-0.15, -0.1) is 0 Å². The van der Waals surface area contributed by atoms with Crippen LogP contribution in [-0.2, 0) is 27.9 Å². The van der Waals surface area contributed by atoms with E-state index in [-0.39, 0.29) is 24.5 Å². The lowest BCUT2D eigenvalue weighted by Crippen LogP contribution is -2.39. The number of nitrogens with one attached hydrogen (secondary N) is 1. The quantitative estimate of drug-likeness (QED) is 0.600. The van der Waals surface area contributed by atoms with Crippen molar-refractivity contribution >= 4 is 15.9 Å². The van der Waals surface area contributed by atoms with Crippen molar-refractivity contribution in [3.05, 3.63) is 71.9 Å². The summed E-state index contributed by atoms with van der Waals surface area (Å²) in [5.41, 5.74) is 0.942. The van der Waals surface area contributed by atoms with Crippen LogP contribution in [0.1, 0.15) is 11.5 Å². The molecule has 29 heavy (non-hydrogen) atoms. The Balaban J connectivity index is 1.61. The highest BCUT2D eigenvalue weighted by atomic mass is 32.2. The van der Waals surface area contributed by atoms with Crippen LogP contribution in [0.3, 0.4) is 0 Å². The Labute approximate surface area is 167 Å². The minimum absolute atomic E-state index is 0.0596. The fraction of sp³-hybridized carbons (Fsp3) is 0.211. The van der Waals surface area contributed by atoms with E-state index in [9.17, 15) is 17.6 Å². The minimum atomic E-state index is -3.74. The molecular weight excluding hydrogens is 399 g/mol. The zero-order chi connectivity index (χ0) is 20.9. The van der Waals surface area contributed by atoms with Gasteiger partial charge in [-0.1, -0.05) is 53.7 Å². The van der Waals surface area contributed by atoms with E-state index in [1.165, 1.54) is 18.2 Å². The summed E-state index contributed by atoms with van der Waals surface area (Å²) in [5, 5.41) is 6.38. The summed E-state index contributed by atoms with van der Waals surface area (Å²) < 4.78 is 43.8. The average molecular weight is 418 g/mol. The first-order chi connectivity index (χ1) is 13.8. The zero-order valence-electron chi connectivity index (χ0n) is 15.6. The number of hydrogen-bond donors (Lipinski definition) is 1. The topological polar surface area (TPSA) is 105 Å². The van der Waals surface area contributed by atoms with Gasteiger partial charge in [0.15, 0.2) is 0 Å². The summed E-state index contributed by atoms with van der Waals surface area (Å²) >= 11 is 0. The molecule has 1 N–H and O–H groups in total. The predicted molar refractivity (Wildman–Crippen MR) is 103 cm³/mol. The van der Waals surface area contributed by atoms with Gasteiger partial charge < -0.3 is 9.84 Å². The highest BCUT2D eigenvalue weighted by molar-refractivity contribution is 7.88. The fourth-order valence-electron chi connectivity index (χ4n) is 2.53. The molecule has 1 heterocycles. The molecule has 8 nitrogen and oxygen atoms in total. The molecule has 1 aromatic heterocycles. The normalized spacial score (nSPS) is 11.6. The van der Waals surface area contributed by atoms with Gasteiger partial charge >= 0.3 is 0 Å². The first kappa shape index (κ1) is 20.6. The van der Waals surface area contributed by atoms with Crippen molar-refractivity contribution in [1.29, 1.82) is 0 Å². The van der Waals surface area contributed by atoms with Crippen LogP contribution in [0, 0.1) is 5.82 Å². The van der Waals surface area contributed by atoms with E-state index in [1.807, 2.05) is 30.3 Å². The van der Waals surface area contributed by atoms with E-state index in [2.05, 4.69) is 15.5 Å². The summed E-state index contributed by atoms with van der Waals surface area (Å²) in [4.78, 5) is 16.4. The fourth-order valence-corrected chi connectivity index (χ4v) is 3.25. The maximum atomic E-state index is 13.8. The van der Waals surface area contributed by atoms with Crippen LogP contribution in [0.5, 0.6) is 0 Å². The second-order valence-corrected chi connectivity index (χ2v) is 8.26. The number of aromatic nitrogens is 2. The second kappa shape index (κ2) is 8.93. The Morgan fingerprint density at radius 1 is 1.14 bits per heavy atom. The first-order valence-electron chi connectivity index (χ1n) is 8.66. The molecule has 0 aliphatic carbocycles. The molecule has 152 valence electrons. The molecule has 0 saturated heterocycles. The Kier molecular flexibility index (Phi) is 6.35. The van der Waals surface area contributed by atoms with Gasteiger partial charge in [0, 0.05) is 17.7 Å². The molecule has 0 unspecified atom stereocenters. The van der Waals surface area contributed by atoms with E-state index in [0.29, 0.717) is 5.82 Å². The van der Waals surface area contributed by atoms with Gasteiger partial charge in [-0.2, -0.15) is 9.29 Å². The van der Waals surface area contributed by atoms with Crippen LogP contribution in [0.2, 0.25) is 0 Å². The number of carbonyl (C=O) groups excluding carboxylic acids is 1. The van der Waals surface area contributed by atoms with Crippen molar-refractivity contribution in [2.45, 2.75) is 13.1 Å². The van der Waals surface area contributed by atoms with Crippen LogP contribution >= 0.6 is 0 Å². The average Bonchev–Trinajstić information content (AvgIpc) is 3.16. The molecule has 0 aliphatic rings. The van der Waals surface area contributed by atoms with Crippen LogP contribution < -0.4 is 5.32 Å². The highest BCUT2D eigenvalue weighted by Gasteiger charge is 2.22. The summed E-state index contributed by atoms with van der Waals surface area (Å²) in [5.74, 6) is -0.559. The maximum Gasteiger partial charge on any atom is 0.246 e. The third kappa shape index (κ3) is 5.69. The second-order valence-electron chi connectivity index (χ2n) is 6.28. The van der Waals surface area contributed by atoms with Crippen molar-refractivity contribution in [1.82, 2.24) is 19.8 Å². The van der Waals surface area contributed by atoms with Crippen LogP contribution in [-0.4, -0.2) is 41.6 Å². The van der Waals surface area contributed by atoms with Crippen molar-refractivity contribution in [3.8, 4) is 11.4 Å². The number of carbonyl (C=O) groups is 1. The van der Waals surface area contributed by atoms with Gasteiger partial charge in [-0.3, -0.25) is 4.79 Å². The molecule has 0 spiro atoms. The Bertz CT molecular complexity index is 1090. The summed E-state index contributed by atoms with van der Waals surface area (Å²) in [6.07, 6.45) is 0.964. The molecule has 1 amide bonds. The number of sulfonamides is 1. The summed E-state index contributed by atoms with van der Waals surface area (Å²) in [6.45, 7) is -0.777. The molecule has 0 atom stereocenters. The third-order valence-electron chi connectivity index (χ3n) is 4.03. The molecule has 0 bridgehead atoms. The lowest BCUT2D eigenvalue weighted by Gasteiger charge is -2.19. The Hall–Kier alpha value is -3.11. The molecule has 2 aromatic carbocycles. The maximum absolute atomic E-state index is 13.8. The molecule has 0 fully saturated rings. The van der Waals surface area contributed by atoms with E-state index < -0.39 is 28.3 Å². The number of amides is 1. The third-order valence-corrected chi connectivity index (χ3v) is 5.23. The van der Waals surface area contributed by atoms with Crippen molar-refractivity contribution in [2.24, 2.45) is 0 Å².